The molecule has 1 saturated heterocycles. The van der Waals surface area contributed by atoms with Crippen LogP contribution in [0.5, 0.6) is 0 Å². The van der Waals surface area contributed by atoms with Crippen LogP contribution in [0.4, 0.5) is 0 Å². The molecular formula is C15H20O3. The van der Waals surface area contributed by atoms with Crippen LogP contribution in [-0.4, -0.2) is 24.8 Å². The Morgan fingerprint density at radius 2 is 1.72 bits per heavy atom. The van der Waals surface area contributed by atoms with Gasteiger partial charge in [0.2, 0.25) is 0 Å². The van der Waals surface area contributed by atoms with Gasteiger partial charge in [-0.15, -0.1) is 0 Å². The van der Waals surface area contributed by atoms with E-state index in [1.807, 2.05) is 13.0 Å². The zero-order valence-electron chi connectivity index (χ0n) is 11.3. The molecule has 1 fully saturated rings. The summed E-state index contributed by atoms with van der Waals surface area (Å²) in [6.45, 7) is 7.43. The zero-order valence-corrected chi connectivity index (χ0v) is 11.3. The van der Waals surface area contributed by atoms with Crippen LogP contribution in [0, 0.1) is 11.8 Å². The van der Waals surface area contributed by atoms with Crippen LogP contribution in [-0.2, 0) is 14.3 Å². The first-order valence-electron chi connectivity index (χ1n) is 6.70. The summed E-state index contributed by atoms with van der Waals surface area (Å²) in [6, 6.07) is 0. The third-order valence-corrected chi connectivity index (χ3v) is 4.67. The summed E-state index contributed by atoms with van der Waals surface area (Å²) in [5.74, 6) is -0.168. The second kappa shape index (κ2) is 4.04. The summed E-state index contributed by atoms with van der Waals surface area (Å²) in [5, 5.41) is 0. The third-order valence-electron chi connectivity index (χ3n) is 4.67. The van der Waals surface area contributed by atoms with Crippen LogP contribution in [0.15, 0.2) is 22.8 Å². The van der Waals surface area contributed by atoms with Gasteiger partial charge in [-0.3, -0.25) is 4.79 Å². The van der Waals surface area contributed by atoms with Gasteiger partial charge in [-0.05, 0) is 45.3 Å². The molecule has 1 heterocycles. The average molecular weight is 248 g/mol. The number of fused-ring (bicyclic) bond motifs is 2. The summed E-state index contributed by atoms with van der Waals surface area (Å²) in [4.78, 5) is 12.3. The molecule has 0 saturated carbocycles. The first-order chi connectivity index (χ1) is 8.53. The maximum atomic E-state index is 12.3. The van der Waals surface area contributed by atoms with E-state index in [1.165, 1.54) is 11.1 Å². The van der Waals surface area contributed by atoms with Crippen molar-refractivity contribution in [1.29, 1.82) is 0 Å². The number of ketones is 1. The lowest BCUT2D eigenvalue weighted by atomic mass is 9.66. The Balaban J connectivity index is 2.05. The molecule has 3 aliphatic rings. The second-order valence-corrected chi connectivity index (χ2v) is 5.79. The Labute approximate surface area is 108 Å². The first-order valence-corrected chi connectivity index (χ1v) is 6.70. The van der Waals surface area contributed by atoms with Crippen molar-refractivity contribution in [2.24, 2.45) is 11.8 Å². The number of Topliss-reactive ketones (excluding diaryl/α,β-unsaturated/α-hetero) is 1. The molecule has 3 rings (SSSR count). The van der Waals surface area contributed by atoms with E-state index in [-0.39, 0.29) is 17.6 Å². The normalized spacial score (nSPS) is 34.8. The van der Waals surface area contributed by atoms with E-state index in [9.17, 15) is 4.79 Å². The number of carbonyl (C=O) groups is 1. The van der Waals surface area contributed by atoms with Crippen LogP contribution >= 0.6 is 0 Å². The lowest BCUT2D eigenvalue weighted by Crippen LogP contribution is -2.49. The Bertz CT molecular complexity index is 452. The molecule has 2 atom stereocenters. The van der Waals surface area contributed by atoms with Crippen molar-refractivity contribution in [2.75, 3.05) is 13.2 Å². The predicted octanol–water partition coefficient (Wildman–Crippen LogP) is 2.62. The van der Waals surface area contributed by atoms with Crippen LogP contribution in [0.2, 0.25) is 0 Å². The maximum Gasteiger partial charge on any atom is 0.192 e. The molecule has 18 heavy (non-hydrogen) atoms. The highest BCUT2D eigenvalue weighted by atomic mass is 16.7. The van der Waals surface area contributed by atoms with Crippen molar-refractivity contribution in [3.63, 3.8) is 0 Å². The summed E-state index contributed by atoms with van der Waals surface area (Å²) >= 11 is 0. The Morgan fingerprint density at radius 1 is 1.11 bits per heavy atom. The predicted molar refractivity (Wildman–Crippen MR) is 68.0 cm³/mol. The Kier molecular flexibility index (Phi) is 2.72. The smallest absolute Gasteiger partial charge is 0.192 e. The zero-order chi connectivity index (χ0) is 12.9. The highest BCUT2D eigenvalue weighted by molar-refractivity contribution is 5.98. The lowest BCUT2D eigenvalue weighted by molar-refractivity contribution is -0.180. The van der Waals surface area contributed by atoms with Gasteiger partial charge in [0.05, 0.1) is 13.2 Å². The van der Waals surface area contributed by atoms with Crippen LogP contribution in [0.25, 0.3) is 0 Å². The van der Waals surface area contributed by atoms with Crippen molar-refractivity contribution in [3.8, 4) is 0 Å². The molecule has 3 nitrogen and oxygen atoms in total. The Hall–Kier alpha value is -0.930. The number of allylic oxidation sites excluding steroid dienone is 3. The number of rotatable bonds is 0. The van der Waals surface area contributed by atoms with Gasteiger partial charge in [-0.25, -0.2) is 0 Å². The monoisotopic (exact) mass is 248 g/mol. The molecule has 0 unspecified atom stereocenters. The molecule has 98 valence electrons. The van der Waals surface area contributed by atoms with E-state index in [2.05, 4.69) is 13.8 Å². The number of hydrogen-bond acceptors (Lipinski definition) is 3. The van der Waals surface area contributed by atoms with Crippen molar-refractivity contribution in [2.45, 2.75) is 39.4 Å². The van der Waals surface area contributed by atoms with E-state index < -0.39 is 5.79 Å². The van der Waals surface area contributed by atoms with Crippen molar-refractivity contribution in [1.82, 2.24) is 0 Å². The van der Waals surface area contributed by atoms with Crippen LogP contribution in [0.3, 0.4) is 0 Å². The molecule has 1 aliphatic heterocycles. The summed E-state index contributed by atoms with van der Waals surface area (Å²) in [5.41, 5.74) is 3.54. The maximum absolute atomic E-state index is 12.3. The second-order valence-electron chi connectivity index (χ2n) is 5.79. The third kappa shape index (κ3) is 1.61. The lowest BCUT2D eigenvalue weighted by Gasteiger charge is -2.44. The number of carbonyl (C=O) groups excluding carboxylic acids is 1. The molecule has 2 aliphatic carbocycles. The number of ether oxygens (including phenoxy) is 2. The topological polar surface area (TPSA) is 35.5 Å². The minimum atomic E-state index is -0.634. The largest absolute Gasteiger partial charge is 0.344 e. The van der Waals surface area contributed by atoms with E-state index in [4.69, 9.17) is 9.47 Å². The standard InChI is InChI=1S/C15H20O3/c1-9-6-12-13(7-10(9)2)15(17-4-5-18-15)8-11(3)14(12)16/h8,12-13H,4-7H2,1-3H3/t12-,13+/m0/s1. The molecular weight excluding hydrogens is 228 g/mol. The van der Waals surface area contributed by atoms with Crippen molar-refractivity contribution >= 4 is 5.78 Å². The van der Waals surface area contributed by atoms with Crippen molar-refractivity contribution < 1.29 is 14.3 Å². The van der Waals surface area contributed by atoms with Crippen LogP contribution < -0.4 is 0 Å². The fraction of sp³-hybridized carbons (Fsp3) is 0.667. The van der Waals surface area contributed by atoms with E-state index in [1.54, 1.807) is 0 Å². The fourth-order valence-corrected chi connectivity index (χ4v) is 3.50. The van der Waals surface area contributed by atoms with E-state index in [0.717, 1.165) is 18.4 Å². The van der Waals surface area contributed by atoms with Crippen molar-refractivity contribution in [3.05, 3.63) is 22.8 Å². The van der Waals surface area contributed by atoms with E-state index >= 15 is 0 Å². The molecule has 3 heteroatoms. The molecule has 0 aromatic rings. The SMILES string of the molecule is CC1=CC2(OCCO2)[C@@H]2CC(C)=C(C)C[C@@H]2C1=O. The minimum Gasteiger partial charge on any atom is -0.344 e. The van der Waals surface area contributed by atoms with E-state index in [0.29, 0.717) is 13.2 Å². The molecule has 0 N–H and O–H groups in total. The van der Waals surface area contributed by atoms with Gasteiger partial charge < -0.3 is 9.47 Å². The van der Waals surface area contributed by atoms with Crippen LogP contribution in [0.1, 0.15) is 33.6 Å². The number of hydrogen-bond donors (Lipinski definition) is 0. The highest BCUT2D eigenvalue weighted by Gasteiger charge is 2.52. The molecule has 0 amide bonds. The fourth-order valence-electron chi connectivity index (χ4n) is 3.50. The van der Waals surface area contributed by atoms with Gasteiger partial charge >= 0.3 is 0 Å². The quantitative estimate of drug-likeness (QED) is 0.618. The highest BCUT2D eigenvalue weighted by Crippen LogP contribution is 2.48. The summed E-state index contributed by atoms with van der Waals surface area (Å²) < 4.78 is 11.8. The van der Waals surface area contributed by atoms with Gasteiger partial charge in [0.25, 0.3) is 0 Å². The minimum absolute atomic E-state index is 0.0387. The molecule has 0 aromatic heterocycles. The van der Waals surface area contributed by atoms with Gasteiger partial charge in [0, 0.05) is 11.8 Å². The van der Waals surface area contributed by atoms with Gasteiger partial charge in [0.1, 0.15) is 0 Å². The molecule has 0 aromatic carbocycles. The average Bonchev–Trinajstić information content (AvgIpc) is 2.79. The molecule has 0 radical (unpaired) electrons. The van der Waals surface area contributed by atoms with Gasteiger partial charge in [-0.2, -0.15) is 0 Å². The summed E-state index contributed by atoms with van der Waals surface area (Å²) in [7, 11) is 0. The molecule has 0 bridgehead atoms. The molecule has 1 spiro atoms. The van der Waals surface area contributed by atoms with Gasteiger partial charge in [-0.1, -0.05) is 11.1 Å². The first kappa shape index (κ1) is 12.1. The summed E-state index contributed by atoms with van der Waals surface area (Å²) in [6.07, 6.45) is 3.68. The Morgan fingerprint density at radius 3 is 2.39 bits per heavy atom. The van der Waals surface area contributed by atoms with Gasteiger partial charge in [0.15, 0.2) is 11.6 Å².